The standard InChI is InChI=1S/C14H20N2O5/c1-10(2)11(17)5-7-21-8-6-15-12(18)9-16-13(19)3-4-14(16)20/h3-4,10H,5-9H2,1-2H3,(H,15,18). The number of imide groups is 1. The van der Waals surface area contributed by atoms with Crippen LogP contribution in [0.15, 0.2) is 12.2 Å². The molecule has 0 fully saturated rings. The fourth-order valence-corrected chi connectivity index (χ4v) is 1.61. The molecule has 1 rings (SSSR count). The van der Waals surface area contributed by atoms with Gasteiger partial charge < -0.3 is 10.1 Å². The monoisotopic (exact) mass is 296 g/mol. The van der Waals surface area contributed by atoms with Gasteiger partial charge in [-0.05, 0) is 0 Å². The molecule has 0 atom stereocenters. The van der Waals surface area contributed by atoms with Crippen molar-refractivity contribution in [3.8, 4) is 0 Å². The zero-order valence-corrected chi connectivity index (χ0v) is 12.3. The van der Waals surface area contributed by atoms with Crippen LogP contribution in [-0.2, 0) is 23.9 Å². The Balaban J connectivity index is 2.08. The second-order valence-corrected chi connectivity index (χ2v) is 4.93. The number of carbonyl (C=O) groups excluding carboxylic acids is 4. The maximum absolute atomic E-state index is 11.5. The number of amides is 3. The van der Waals surface area contributed by atoms with E-state index in [4.69, 9.17) is 4.74 Å². The van der Waals surface area contributed by atoms with Gasteiger partial charge in [-0.3, -0.25) is 24.1 Å². The first-order chi connectivity index (χ1) is 9.91. The van der Waals surface area contributed by atoms with Gasteiger partial charge in [0.25, 0.3) is 11.8 Å². The molecule has 0 radical (unpaired) electrons. The Bertz CT molecular complexity index is 438. The fourth-order valence-electron chi connectivity index (χ4n) is 1.61. The minimum Gasteiger partial charge on any atom is -0.379 e. The van der Waals surface area contributed by atoms with Gasteiger partial charge in [-0.1, -0.05) is 13.8 Å². The summed E-state index contributed by atoms with van der Waals surface area (Å²) in [6.45, 7) is 4.22. The number of rotatable bonds is 9. The maximum atomic E-state index is 11.5. The number of nitrogens with zero attached hydrogens (tertiary/aromatic N) is 1. The SMILES string of the molecule is CC(C)C(=O)CCOCCNC(=O)CN1C(=O)C=CC1=O. The summed E-state index contributed by atoms with van der Waals surface area (Å²) < 4.78 is 5.22. The largest absolute Gasteiger partial charge is 0.379 e. The van der Waals surface area contributed by atoms with Crippen molar-refractivity contribution in [1.82, 2.24) is 10.2 Å². The van der Waals surface area contributed by atoms with Gasteiger partial charge in [0.05, 0.1) is 13.2 Å². The van der Waals surface area contributed by atoms with E-state index in [-0.39, 0.29) is 31.4 Å². The van der Waals surface area contributed by atoms with E-state index in [2.05, 4.69) is 5.32 Å². The molecule has 0 spiro atoms. The molecule has 0 saturated heterocycles. The number of ketones is 1. The lowest BCUT2D eigenvalue weighted by Crippen LogP contribution is -2.41. The fraction of sp³-hybridized carbons (Fsp3) is 0.571. The van der Waals surface area contributed by atoms with Gasteiger partial charge in [0.15, 0.2) is 0 Å². The molecule has 1 aliphatic heterocycles. The molecule has 0 bridgehead atoms. The van der Waals surface area contributed by atoms with Crippen molar-refractivity contribution in [2.75, 3.05) is 26.3 Å². The Labute approximate surface area is 123 Å². The molecule has 0 aromatic heterocycles. The quantitative estimate of drug-likeness (QED) is 0.464. The smallest absolute Gasteiger partial charge is 0.254 e. The van der Waals surface area contributed by atoms with Crippen LogP contribution in [0.4, 0.5) is 0 Å². The van der Waals surface area contributed by atoms with Crippen molar-refractivity contribution in [3.05, 3.63) is 12.2 Å². The Morgan fingerprint density at radius 1 is 1.19 bits per heavy atom. The van der Waals surface area contributed by atoms with Crippen molar-refractivity contribution < 1.29 is 23.9 Å². The second kappa shape index (κ2) is 8.31. The van der Waals surface area contributed by atoms with Crippen molar-refractivity contribution in [2.24, 2.45) is 5.92 Å². The summed E-state index contributed by atoms with van der Waals surface area (Å²) in [5.74, 6) is -1.27. The Morgan fingerprint density at radius 2 is 1.81 bits per heavy atom. The van der Waals surface area contributed by atoms with Crippen LogP contribution in [0.3, 0.4) is 0 Å². The number of Topliss-reactive ketones (excluding diaryl/α,β-unsaturated/α-hetero) is 1. The van der Waals surface area contributed by atoms with Gasteiger partial charge in [0.2, 0.25) is 5.91 Å². The van der Waals surface area contributed by atoms with E-state index in [1.807, 2.05) is 13.8 Å². The lowest BCUT2D eigenvalue weighted by molar-refractivity contribution is -0.141. The van der Waals surface area contributed by atoms with E-state index < -0.39 is 17.7 Å². The summed E-state index contributed by atoms with van der Waals surface area (Å²) in [6.07, 6.45) is 2.61. The summed E-state index contributed by atoms with van der Waals surface area (Å²) in [4.78, 5) is 46.2. The van der Waals surface area contributed by atoms with Crippen LogP contribution >= 0.6 is 0 Å². The van der Waals surface area contributed by atoms with Gasteiger partial charge in [0, 0.05) is 31.0 Å². The molecule has 1 N–H and O–H groups in total. The van der Waals surface area contributed by atoms with E-state index in [9.17, 15) is 19.2 Å². The highest BCUT2D eigenvalue weighted by Crippen LogP contribution is 2.02. The minimum absolute atomic E-state index is 0.00236. The first kappa shape index (κ1) is 17.0. The summed E-state index contributed by atoms with van der Waals surface area (Å²) in [7, 11) is 0. The van der Waals surface area contributed by atoms with Crippen LogP contribution < -0.4 is 5.32 Å². The van der Waals surface area contributed by atoms with Crippen LogP contribution in [0.5, 0.6) is 0 Å². The molecule has 7 heteroatoms. The van der Waals surface area contributed by atoms with Crippen molar-refractivity contribution in [1.29, 1.82) is 0 Å². The number of nitrogens with one attached hydrogen (secondary N) is 1. The molecule has 7 nitrogen and oxygen atoms in total. The Morgan fingerprint density at radius 3 is 2.38 bits per heavy atom. The third kappa shape index (κ3) is 5.86. The van der Waals surface area contributed by atoms with Crippen molar-refractivity contribution in [3.63, 3.8) is 0 Å². The van der Waals surface area contributed by atoms with Crippen LogP contribution in [0.1, 0.15) is 20.3 Å². The molecule has 21 heavy (non-hydrogen) atoms. The summed E-state index contributed by atoms with van der Waals surface area (Å²) in [5, 5.41) is 2.54. The average Bonchev–Trinajstić information content (AvgIpc) is 2.74. The van der Waals surface area contributed by atoms with Crippen LogP contribution in [0.25, 0.3) is 0 Å². The van der Waals surface area contributed by atoms with Gasteiger partial charge in [-0.15, -0.1) is 0 Å². The van der Waals surface area contributed by atoms with E-state index in [1.165, 1.54) is 0 Å². The molecular weight excluding hydrogens is 276 g/mol. The molecule has 0 aromatic rings. The molecule has 116 valence electrons. The lowest BCUT2D eigenvalue weighted by atomic mass is 10.1. The van der Waals surface area contributed by atoms with E-state index in [1.54, 1.807) is 0 Å². The molecular formula is C14H20N2O5. The zero-order valence-electron chi connectivity index (χ0n) is 12.3. The number of hydrogen-bond acceptors (Lipinski definition) is 5. The summed E-state index contributed by atoms with van der Waals surface area (Å²) in [5.41, 5.74) is 0. The first-order valence-electron chi connectivity index (χ1n) is 6.82. The van der Waals surface area contributed by atoms with E-state index in [0.717, 1.165) is 17.1 Å². The molecule has 0 unspecified atom stereocenters. The average molecular weight is 296 g/mol. The van der Waals surface area contributed by atoms with E-state index >= 15 is 0 Å². The van der Waals surface area contributed by atoms with Crippen molar-refractivity contribution in [2.45, 2.75) is 20.3 Å². The third-order valence-corrected chi connectivity index (χ3v) is 2.91. The second-order valence-electron chi connectivity index (χ2n) is 4.93. The Kier molecular flexibility index (Phi) is 6.74. The topological polar surface area (TPSA) is 92.8 Å². The number of hydrogen-bond donors (Lipinski definition) is 1. The Hall–Kier alpha value is -2.02. The number of ether oxygens (including phenoxy) is 1. The highest BCUT2D eigenvalue weighted by atomic mass is 16.5. The molecule has 1 aliphatic rings. The third-order valence-electron chi connectivity index (χ3n) is 2.91. The molecule has 0 aromatic carbocycles. The van der Waals surface area contributed by atoms with Crippen LogP contribution in [0, 0.1) is 5.92 Å². The van der Waals surface area contributed by atoms with Gasteiger partial charge in [-0.25, -0.2) is 0 Å². The van der Waals surface area contributed by atoms with Gasteiger partial charge >= 0.3 is 0 Å². The van der Waals surface area contributed by atoms with Crippen molar-refractivity contribution >= 4 is 23.5 Å². The minimum atomic E-state index is -0.487. The van der Waals surface area contributed by atoms with Crippen LogP contribution in [0.2, 0.25) is 0 Å². The maximum Gasteiger partial charge on any atom is 0.254 e. The highest BCUT2D eigenvalue weighted by Gasteiger charge is 2.25. The zero-order chi connectivity index (χ0) is 15.8. The highest BCUT2D eigenvalue weighted by molar-refractivity contribution is 6.14. The van der Waals surface area contributed by atoms with E-state index in [0.29, 0.717) is 13.0 Å². The lowest BCUT2D eigenvalue weighted by Gasteiger charge is -2.13. The first-order valence-corrected chi connectivity index (χ1v) is 6.82. The molecule has 3 amide bonds. The molecule has 1 heterocycles. The van der Waals surface area contributed by atoms with Gasteiger partial charge in [-0.2, -0.15) is 0 Å². The van der Waals surface area contributed by atoms with Gasteiger partial charge in [0.1, 0.15) is 12.3 Å². The summed E-state index contributed by atoms with van der Waals surface area (Å²) >= 11 is 0. The summed E-state index contributed by atoms with van der Waals surface area (Å²) in [6, 6.07) is 0. The molecule has 0 aliphatic carbocycles. The van der Waals surface area contributed by atoms with Crippen LogP contribution in [-0.4, -0.2) is 54.7 Å². The predicted molar refractivity (Wildman–Crippen MR) is 74.2 cm³/mol. The normalized spacial score (nSPS) is 14.1. The molecule has 0 saturated carbocycles. The predicted octanol–water partition coefficient (Wildman–Crippen LogP) is -0.341. The number of carbonyl (C=O) groups is 4.